The molecule has 468 valence electrons. The Morgan fingerprint density at radius 2 is 0.646 bits per heavy atom. The first-order valence-electron chi connectivity index (χ1n) is 32.4. The van der Waals surface area contributed by atoms with E-state index in [1.165, 1.54) is 83.5 Å². The summed E-state index contributed by atoms with van der Waals surface area (Å²) >= 11 is 0. The van der Waals surface area contributed by atoms with Gasteiger partial charge in [0, 0.05) is 19.3 Å². The summed E-state index contributed by atoms with van der Waals surface area (Å²) < 4.78 is 39.6. The van der Waals surface area contributed by atoms with Gasteiger partial charge in [0.1, 0.15) is 12.7 Å². The number of esters is 3. The van der Waals surface area contributed by atoms with E-state index in [0.29, 0.717) is 25.7 Å². The van der Waals surface area contributed by atoms with E-state index in [4.69, 9.17) is 23.3 Å². The number of phosphoric acid groups is 1. The quantitative estimate of drug-likeness (QED) is 0.0197. The molecule has 82 heavy (non-hydrogen) atoms. The highest BCUT2D eigenvalue weighted by atomic mass is 31.2. The van der Waals surface area contributed by atoms with E-state index in [-0.39, 0.29) is 25.9 Å². The number of phosphoric ester groups is 1. The molecule has 0 aliphatic rings. The fourth-order valence-electron chi connectivity index (χ4n) is 8.43. The smallest absolute Gasteiger partial charge is 0.462 e. The van der Waals surface area contributed by atoms with Gasteiger partial charge in [0.05, 0.1) is 19.8 Å². The molecule has 0 aliphatic carbocycles. The molecule has 0 aromatic carbocycles. The van der Waals surface area contributed by atoms with Crippen LogP contribution in [0.15, 0.2) is 122 Å². The molecular formula is C70H117O11P. The molecule has 3 atom stereocenters. The van der Waals surface area contributed by atoms with Crippen LogP contribution in [0.5, 0.6) is 0 Å². The van der Waals surface area contributed by atoms with Crippen molar-refractivity contribution in [3.05, 3.63) is 122 Å². The molecule has 11 nitrogen and oxygen atoms in total. The summed E-state index contributed by atoms with van der Waals surface area (Å²) in [6.45, 7) is 4.41. The summed E-state index contributed by atoms with van der Waals surface area (Å²) in [5.41, 5.74) is 0. The number of carbonyl (C=O) groups excluding carboxylic acids is 3. The average molecular weight is 1170 g/mol. The second kappa shape index (κ2) is 62.9. The second-order valence-corrected chi connectivity index (χ2v) is 22.6. The van der Waals surface area contributed by atoms with E-state index >= 15 is 0 Å². The number of aliphatic hydroxyl groups is 1. The number of hydrogen-bond donors (Lipinski definition) is 2. The standard InChI is InChI=1S/C70H117O11P/c1-4-7-10-13-16-19-22-25-28-31-33-36-39-42-45-48-51-54-57-60-69(73)80-66(62-71)64-78-82(75,76)79-65-67(63-77-68(72)59-56-53-50-47-44-41-38-35-30-27-24-21-18-15-12-9-6-3)81-70(74)61-58-55-52-49-46-43-40-37-34-32-29-26-23-20-17-14-11-8-5-2/h9,12,16-21,25-30,34,37-38,41,47,50,66-67,71H,4-8,10-11,13-15,22-24,31-33,35-36,39-40,42-46,48-49,51-65H2,1-3H3,(H,75,76)/b12-9-,19-16-,20-17-,21-18-,28-25-,29-26-,30-27-,37-34-,41-38-,50-47-. The lowest BCUT2D eigenvalue weighted by atomic mass is 10.1. The molecule has 0 spiro atoms. The van der Waals surface area contributed by atoms with Crippen LogP contribution >= 0.6 is 7.82 Å². The molecule has 3 unspecified atom stereocenters. The molecule has 0 heterocycles. The normalized spacial score (nSPS) is 14.1. The van der Waals surface area contributed by atoms with Gasteiger partial charge in [-0.15, -0.1) is 0 Å². The van der Waals surface area contributed by atoms with Gasteiger partial charge in [-0.1, -0.05) is 239 Å². The summed E-state index contributed by atoms with van der Waals surface area (Å²) in [4.78, 5) is 48.8. The first kappa shape index (κ1) is 77.9. The van der Waals surface area contributed by atoms with E-state index in [1.807, 2.05) is 6.08 Å². The molecular weight excluding hydrogens is 1050 g/mol. The lowest BCUT2D eigenvalue weighted by Gasteiger charge is -2.21. The number of rotatable bonds is 59. The fraction of sp³-hybridized carbons (Fsp3) is 0.671. The van der Waals surface area contributed by atoms with Crippen molar-refractivity contribution in [2.24, 2.45) is 0 Å². The van der Waals surface area contributed by atoms with Gasteiger partial charge in [0.15, 0.2) is 6.10 Å². The fourth-order valence-corrected chi connectivity index (χ4v) is 9.21. The summed E-state index contributed by atoms with van der Waals surface area (Å²) in [5, 5.41) is 9.86. The Morgan fingerprint density at radius 1 is 0.354 bits per heavy atom. The van der Waals surface area contributed by atoms with Crippen LogP contribution in [0.4, 0.5) is 0 Å². The molecule has 0 aromatic heterocycles. The summed E-state index contributed by atoms with van der Waals surface area (Å²) in [7, 11) is -4.78. The Labute approximate surface area is 500 Å². The van der Waals surface area contributed by atoms with Gasteiger partial charge < -0.3 is 24.2 Å². The monoisotopic (exact) mass is 1160 g/mol. The van der Waals surface area contributed by atoms with E-state index in [0.717, 1.165) is 116 Å². The Hall–Kier alpha value is -4.12. The Morgan fingerprint density at radius 3 is 1.01 bits per heavy atom. The Kier molecular flexibility index (Phi) is 59.8. The maximum absolute atomic E-state index is 13.0. The second-order valence-electron chi connectivity index (χ2n) is 21.2. The van der Waals surface area contributed by atoms with E-state index in [9.17, 15) is 28.9 Å². The number of allylic oxidation sites excluding steroid dienone is 20. The number of carbonyl (C=O) groups is 3. The van der Waals surface area contributed by atoms with Gasteiger partial charge in [0.2, 0.25) is 0 Å². The Bertz CT molecular complexity index is 1840. The molecule has 0 rings (SSSR count). The zero-order valence-corrected chi connectivity index (χ0v) is 52.8. The lowest BCUT2D eigenvalue weighted by Crippen LogP contribution is -2.30. The van der Waals surface area contributed by atoms with Crippen LogP contribution in [-0.4, -0.2) is 66.5 Å². The molecule has 12 heteroatoms. The highest BCUT2D eigenvalue weighted by Gasteiger charge is 2.28. The van der Waals surface area contributed by atoms with Gasteiger partial charge in [-0.3, -0.25) is 23.4 Å². The van der Waals surface area contributed by atoms with Crippen molar-refractivity contribution >= 4 is 25.7 Å². The minimum atomic E-state index is -4.78. The third kappa shape index (κ3) is 60.5. The van der Waals surface area contributed by atoms with Crippen molar-refractivity contribution in [3.63, 3.8) is 0 Å². The Balaban J connectivity index is 4.79. The molecule has 0 saturated carbocycles. The molecule has 2 N–H and O–H groups in total. The SMILES string of the molecule is CC/C=C\C/C=C\C/C=C\C/C=C\C/C=C\CCCC(=O)OCC(COP(=O)(O)OCC(CO)OC(=O)CCCCCCCCCCC/C=C\C/C=C\CCCCC)OC(=O)CCCCCCCC/C=C\C/C=C\C/C=C\CCCCC. The topological polar surface area (TPSA) is 155 Å². The largest absolute Gasteiger partial charge is 0.472 e. The van der Waals surface area contributed by atoms with Gasteiger partial charge in [0.25, 0.3) is 0 Å². The van der Waals surface area contributed by atoms with Crippen LogP contribution in [0.3, 0.4) is 0 Å². The third-order valence-electron chi connectivity index (χ3n) is 13.3. The van der Waals surface area contributed by atoms with E-state index in [2.05, 4.69) is 136 Å². The molecule has 0 aliphatic heterocycles. The summed E-state index contributed by atoms with van der Waals surface area (Å²) in [6.07, 6.45) is 78.6. The number of ether oxygens (including phenoxy) is 3. The molecule has 0 aromatic rings. The predicted octanol–water partition coefficient (Wildman–Crippen LogP) is 19.9. The average Bonchev–Trinajstić information content (AvgIpc) is 3.47. The number of hydrogen-bond acceptors (Lipinski definition) is 10. The van der Waals surface area contributed by atoms with Crippen LogP contribution in [0, 0.1) is 0 Å². The molecule has 0 radical (unpaired) electrons. The molecule has 0 amide bonds. The molecule has 0 bridgehead atoms. The van der Waals surface area contributed by atoms with Crippen LogP contribution < -0.4 is 0 Å². The zero-order valence-electron chi connectivity index (χ0n) is 51.9. The van der Waals surface area contributed by atoms with E-state index in [1.54, 1.807) is 0 Å². The minimum Gasteiger partial charge on any atom is -0.462 e. The van der Waals surface area contributed by atoms with Crippen LogP contribution in [0.2, 0.25) is 0 Å². The van der Waals surface area contributed by atoms with E-state index < -0.39 is 57.8 Å². The maximum Gasteiger partial charge on any atom is 0.472 e. The first-order chi connectivity index (χ1) is 40.2. The molecule has 0 fully saturated rings. The van der Waals surface area contributed by atoms with Crippen molar-refractivity contribution in [2.45, 2.75) is 277 Å². The first-order valence-corrected chi connectivity index (χ1v) is 33.9. The van der Waals surface area contributed by atoms with Crippen molar-refractivity contribution in [3.8, 4) is 0 Å². The summed E-state index contributed by atoms with van der Waals surface area (Å²) in [5.74, 6) is -1.56. The van der Waals surface area contributed by atoms with Gasteiger partial charge in [-0.05, 0) is 128 Å². The lowest BCUT2D eigenvalue weighted by molar-refractivity contribution is -0.161. The van der Waals surface area contributed by atoms with Gasteiger partial charge in [-0.25, -0.2) is 4.57 Å². The maximum atomic E-state index is 13.0. The van der Waals surface area contributed by atoms with Gasteiger partial charge >= 0.3 is 25.7 Å². The van der Waals surface area contributed by atoms with Crippen molar-refractivity contribution in [1.82, 2.24) is 0 Å². The van der Waals surface area contributed by atoms with Crippen LogP contribution in [0.25, 0.3) is 0 Å². The minimum absolute atomic E-state index is 0.135. The van der Waals surface area contributed by atoms with Crippen molar-refractivity contribution < 1.29 is 52.2 Å². The van der Waals surface area contributed by atoms with Crippen molar-refractivity contribution in [2.75, 3.05) is 26.4 Å². The number of unbranched alkanes of at least 4 members (excludes halogenated alkanes) is 22. The number of aliphatic hydroxyl groups excluding tert-OH is 1. The third-order valence-corrected chi connectivity index (χ3v) is 14.3. The van der Waals surface area contributed by atoms with Crippen LogP contribution in [-0.2, 0) is 42.2 Å². The highest BCUT2D eigenvalue weighted by Crippen LogP contribution is 2.43. The molecule has 0 saturated heterocycles. The zero-order chi connectivity index (χ0) is 59.8. The predicted molar refractivity (Wildman–Crippen MR) is 343 cm³/mol. The highest BCUT2D eigenvalue weighted by molar-refractivity contribution is 7.47. The van der Waals surface area contributed by atoms with Crippen LogP contribution in [0.1, 0.15) is 265 Å². The van der Waals surface area contributed by atoms with Crippen molar-refractivity contribution in [1.29, 1.82) is 0 Å². The summed E-state index contributed by atoms with van der Waals surface area (Å²) in [6, 6.07) is 0. The van der Waals surface area contributed by atoms with Gasteiger partial charge in [-0.2, -0.15) is 0 Å².